The number of nitrogens with zero attached hydrogens (tertiary/aromatic N) is 2. The van der Waals surface area contributed by atoms with E-state index in [0.29, 0.717) is 5.91 Å². The van der Waals surface area contributed by atoms with E-state index in [9.17, 15) is 4.79 Å². The summed E-state index contributed by atoms with van der Waals surface area (Å²) in [5.74, 6) is 0.573. The van der Waals surface area contributed by atoms with Crippen LogP contribution in [0.1, 0.15) is 44.1 Å². The average Bonchev–Trinajstić information content (AvgIpc) is 2.84. The van der Waals surface area contributed by atoms with Crippen molar-refractivity contribution in [3.63, 3.8) is 0 Å². The number of hydrogen-bond donors (Lipinski definition) is 0. The zero-order chi connectivity index (χ0) is 16.1. The van der Waals surface area contributed by atoms with E-state index in [1.807, 2.05) is 18.2 Å². The second kappa shape index (κ2) is 8.16. The van der Waals surface area contributed by atoms with Crippen molar-refractivity contribution in [2.75, 3.05) is 26.2 Å². The fourth-order valence-corrected chi connectivity index (χ4v) is 4.06. The molecule has 3 nitrogen and oxygen atoms in total. The predicted octanol–water partition coefficient (Wildman–Crippen LogP) is 3.95. The molecule has 3 rings (SSSR count). The summed E-state index contributed by atoms with van der Waals surface area (Å²) in [6.45, 7) is 4.79. The Labute approximate surface area is 144 Å². The van der Waals surface area contributed by atoms with E-state index in [0.717, 1.165) is 50.6 Å². The van der Waals surface area contributed by atoms with Crippen molar-refractivity contribution in [3.8, 4) is 0 Å². The van der Waals surface area contributed by atoms with Gasteiger partial charge >= 0.3 is 0 Å². The smallest absolute Gasteiger partial charge is 0.226 e. The lowest BCUT2D eigenvalue weighted by Gasteiger charge is -2.34. The number of piperidine rings is 1. The van der Waals surface area contributed by atoms with Gasteiger partial charge in [0.15, 0.2) is 0 Å². The standard InChI is InChI=1S/C19H27ClN2O/c20-18-9-5-7-16(13-18)14-21-10-6-8-17(15-21)19(23)22-11-3-1-2-4-12-22/h5,7,9,13,17H,1-4,6,8,10-12,14-15H2/t17-/m0/s1. The fourth-order valence-electron chi connectivity index (χ4n) is 3.84. The monoisotopic (exact) mass is 334 g/mol. The molecule has 126 valence electrons. The van der Waals surface area contributed by atoms with Crippen LogP contribution in [0.3, 0.4) is 0 Å². The van der Waals surface area contributed by atoms with Crippen LogP contribution in [-0.4, -0.2) is 41.9 Å². The van der Waals surface area contributed by atoms with Crippen molar-refractivity contribution in [2.45, 2.75) is 45.1 Å². The second-order valence-electron chi connectivity index (χ2n) is 6.94. The van der Waals surface area contributed by atoms with Crippen LogP contribution in [0.2, 0.25) is 5.02 Å². The van der Waals surface area contributed by atoms with Crippen LogP contribution in [0.25, 0.3) is 0 Å². The highest BCUT2D eigenvalue weighted by Crippen LogP contribution is 2.23. The zero-order valence-electron chi connectivity index (χ0n) is 13.8. The van der Waals surface area contributed by atoms with Gasteiger partial charge in [-0.15, -0.1) is 0 Å². The Morgan fingerprint density at radius 1 is 1.09 bits per heavy atom. The fraction of sp³-hybridized carbons (Fsp3) is 0.632. The van der Waals surface area contributed by atoms with Crippen molar-refractivity contribution in [3.05, 3.63) is 34.9 Å². The molecule has 2 aliphatic heterocycles. The Kier molecular flexibility index (Phi) is 5.96. The summed E-state index contributed by atoms with van der Waals surface area (Å²) in [7, 11) is 0. The minimum Gasteiger partial charge on any atom is -0.342 e. The van der Waals surface area contributed by atoms with Gasteiger partial charge in [0.05, 0.1) is 5.92 Å². The lowest BCUT2D eigenvalue weighted by molar-refractivity contribution is -0.137. The molecule has 2 heterocycles. The lowest BCUT2D eigenvalue weighted by Crippen LogP contribution is -2.44. The van der Waals surface area contributed by atoms with E-state index in [2.05, 4.69) is 15.9 Å². The first-order valence-corrected chi connectivity index (χ1v) is 9.36. The lowest BCUT2D eigenvalue weighted by atomic mass is 9.96. The van der Waals surface area contributed by atoms with Crippen LogP contribution >= 0.6 is 11.6 Å². The van der Waals surface area contributed by atoms with Crippen molar-refractivity contribution >= 4 is 17.5 Å². The molecule has 0 radical (unpaired) electrons. The second-order valence-corrected chi connectivity index (χ2v) is 7.38. The van der Waals surface area contributed by atoms with Gasteiger partial charge in [-0.3, -0.25) is 9.69 Å². The summed E-state index contributed by atoms with van der Waals surface area (Å²) in [5.41, 5.74) is 1.24. The van der Waals surface area contributed by atoms with Gasteiger partial charge in [-0.05, 0) is 49.9 Å². The third-order valence-electron chi connectivity index (χ3n) is 5.07. The van der Waals surface area contributed by atoms with Crippen LogP contribution in [0.15, 0.2) is 24.3 Å². The average molecular weight is 335 g/mol. The molecule has 0 bridgehead atoms. The van der Waals surface area contributed by atoms with Crippen LogP contribution in [0.4, 0.5) is 0 Å². The van der Waals surface area contributed by atoms with Crippen LogP contribution in [-0.2, 0) is 11.3 Å². The molecule has 2 saturated heterocycles. The molecule has 1 aromatic carbocycles. The minimum atomic E-state index is 0.182. The number of carbonyl (C=O) groups is 1. The number of amides is 1. The van der Waals surface area contributed by atoms with E-state index < -0.39 is 0 Å². The molecular formula is C19H27ClN2O. The van der Waals surface area contributed by atoms with Crippen molar-refractivity contribution in [1.82, 2.24) is 9.80 Å². The largest absolute Gasteiger partial charge is 0.342 e. The third kappa shape index (κ3) is 4.71. The Bertz CT molecular complexity index is 526. The molecular weight excluding hydrogens is 308 g/mol. The maximum Gasteiger partial charge on any atom is 0.226 e. The van der Waals surface area contributed by atoms with Crippen molar-refractivity contribution in [1.29, 1.82) is 0 Å². The number of halogens is 1. The maximum absolute atomic E-state index is 12.8. The van der Waals surface area contributed by atoms with Crippen LogP contribution in [0.5, 0.6) is 0 Å². The van der Waals surface area contributed by atoms with Crippen LogP contribution in [0, 0.1) is 5.92 Å². The SMILES string of the molecule is O=C([C@H]1CCCN(Cc2cccc(Cl)c2)C1)N1CCCCCC1. The Hall–Kier alpha value is -1.06. The molecule has 1 amide bonds. The summed E-state index contributed by atoms with van der Waals surface area (Å²) < 4.78 is 0. The Morgan fingerprint density at radius 2 is 1.87 bits per heavy atom. The summed E-state index contributed by atoms with van der Waals surface area (Å²) in [4.78, 5) is 17.4. The van der Waals surface area contributed by atoms with Crippen molar-refractivity contribution in [2.24, 2.45) is 5.92 Å². The first kappa shape index (κ1) is 16.8. The van der Waals surface area contributed by atoms with Gasteiger partial charge in [0, 0.05) is 31.2 Å². The predicted molar refractivity (Wildman–Crippen MR) is 94.5 cm³/mol. The zero-order valence-corrected chi connectivity index (χ0v) is 14.6. The first-order valence-electron chi connectivity index (χ1n) is 8.98. The summed E-state index contributed by atoms with van der Waals surface area (Å²) in [6, 6.07) is 8.06. The number of carbonyl (C=O) groups excluding carboxylic acids is 1. The molecule has 0 aliphatic carbocycles. The minimum absolute atomic E-state index is 0.182. The van der Waals surface area contributed by atoms with Gasteiger partial charge in [0.1, 0.15) is 0 Å². The molecule has 1 aromatic rings. The maximum atomic E-state index is 12.8. The van der Waals surface area contributed by atoms with Crippen molar-refractivity contribution < 1.29 is 4.79 Å². The van der Waals surface area contributed by atoms with Gasteiger partial charge in [-0.2, -0.15) is 0 Å². The number of likely N-dealkylation sites (tertiary alicyclic amines) is 2. The Morgan fingerprint density at radius 3 is 2.61 bits per heavy atom. The highest BCUT2D eigenvalue weighted by Gasteiger charge is 2.29. The van der Waals surface area contributed by atoms with E-state index in [4.69, 9.17) is 11.6 Å². The summed E-state index contributed by atoms with van der Waals surface area (Å²) in [5, 5.41) is 0.789. The van der Waals surface area contributed by atoms with E-state index in [1.54, 1.807) is 0 Å². The summed E-state index contributed by atoms with van der Waals surface area (Å²) >= 11 is 6.08. The molecule has 1 atom stereocenters. The first-order chi connectivity index (χ1) is 11.2. The molecule has 23 heavy (non-hydrogen) atoms. The molecule has 0 aromatic heterocycles. The van der Waals surface area contributed by atoms with E-state index in [-0.39, 0.29) is 5.92 Å². The number of hydrogen-bond acceptors (Lipinski definition) is 2. The third-order valence-corrected chi connectivity index (χ3v) is 5.30. The van der Waals surface area contributed by atoms with Gasteiger partial charge in [-0.25, -0.2) is 0 Å². The molecule has 2 aliphatic rings. The van der Waals surface area contributed by atoms with E-state index in [1.165, 1.54) is 31.2 Å². The van der Waals surface area contributed by atoms with Gasteiger partial charge in [0.2, 0.25) is 5.91 Å². The highest BCUT2D eigenvalue weighted by molar-refractivity contribution is 6.30. The molecule has 0 unspecified atom stereocenters. The highest BCUT2D eigenvalue weighted by atomic mass is 35.5. The van der Waals surface area contributed by atoms with E-state index >= 15 is 0 Å². The topological polar surface area (TPSA) is 23.6 Å². The van der Waals surface area contributed by atoms with Gasteiger partial charge < -0.3 is 4.90 Å². The number of rotatable bonds is 3. The quantitative estimate of drug-likeness (QED) is 0.835. The molecule has 0 spiro atoms. The summed E-state index contributed by atoms with van der Waals surface area (Å²) in [6.07, 6.45) is 7.05. The van der Waals surface area contributed by atoms with Gasteiger partial charge in [-0.1, -0.05) is 36.6 Å². The molecule has 2 fully saturated rings. The van der Waals surface area contributed by atoms with Crippen LogP contribution < -0.4 is 0 Å². The molecule has 0 N–H and O–H groups in total. The molecule has 0 saturated carbocycles. The molecule has 4 heteroatoms. The normalized spacial score (nSPS) is 23.5. The Balaban J connectivity index is 1.57. The van der Waals surface area contributed by atoms with Gasteiger partial charge in [0.25, 0.3) is 0 Å². The number of benzene rings is 1.